The van der Waals surface area contributed by atoms with Gasteiger partial charge in [0.2, 0.25) is 0 Å². The molecule has 0 radical (unpaired) electrons. The van der Waals surface area contributed by atoms with Gasteiger partial charge in [-0.05, 0) is 31.0 Å². The third kappa shape index (κ3) is 4.47. The van der Waals surface area contributed by atoms with E-state index in [0.717, 1.165) is 44.7 Å². The largest absolute Gasteiger partial charge is 0.488 e. The van der Waals surface area contributed by atoms with E-state index in [2.05, 4.69) is 15.4 Å². The van der Waals surface area contributed by atoms with Crippen molar-refractivity contribution in [2.45, 2.75) is 12.8 Å². The summed E-state index contributed by atoms with van der Waals surface area (Å²) >= 11 is 0. The highest BCUT2D eigenvalue weighted by Crippen LogP contribution is 2.39. The zero-order chi connectivity index (χ0) is 25.4. The molecule has 0 bridgehead atoms. The Bertz CT molecular complexity index is 1420. The third-order valence-corrected chi connectivity index (χ3v) is 7.26. The van der Waals surface area contributed by atoms with Gasteiger partial charge < -0.3 is 23.6 Å². The van der Waals surface area contributed by atoms with Gasteiger partial charge in [0.1, 0.15) is 18.0 Å². The van der Waals surface area contributed by atoms with E-state index in [-0.39, 0.29) is 23.7 Å². The van der Waals surface area contributed by atoms with E-state index < -0.39 is 5.82 Å². The van der Waals surface area contributed by atoms with Gasteiger partial charge >= 0.3 is 0 Å². The molecule has 1 amide bonds. The quantitative estimate of drug-likeness (QED) is 0.373. The number of methoxy groups -OCH3 is 1. The summed E-state index contributed by atoms with van der Waals surface area (Å²) in [6, 6.07) is 12.0. The minimum atomic E-state index is -0.504. The number of aromatic amines is 1. The Morgan fingerprint density at radius 3 is 2.62 bits per heavy atom. The van der Waals surface area contributed by atoms with Gasteiger partial charge in [0.15, 0.2) is 17.3 Å². The number of amides is 1. The molecule has 2 aliphatic heterocycles. The highest BCUT2D eigenvalue weighted by molar-refractivity contribution is 5.95. The van der Waals surface area contributed by atoms with Crippen molar-refractivity contribution >= 4 is 16.8 Å². The average Bonchev–Trinajstić information content (AvgIpc) is 3.55. The van der Waals surface area contributed by atoms with Crippen molar-refractivity contribution in [2.24, 2.45) is 5.41 Å². The van der Waals surface area contributed by atoms with Crippen molar-refractivity contribution in [2.75, 3.05) is 46.6 Å². The number of aromatic nitrogens is 3. The van der Waals surface area contributed by atoms with Gasteiger partial charge in [0, 0.05) is 54.3 Å². The summed E-state index contributed by atoms with van der Waals surface area (Å²) in [5.41, 5.74) is 3.38. The number of likely N-dealkylation sites (tertiary alicyclic amines) is 1. The molecule has 0 aliphatic carbocycles. The molecule has 0 atom stereocenters. The number of fused-ring (bicyclic) bond motifs is 1. The molecule has 1 spiro atoms. The lowest BCUT2D eigenvalue weighted by Gasteiger charge is -2.47. The zero-order valence-electron chi connectivity index (χ0n) is 20.5. The van der Waals surface area contributed by atoms with Crippen molar-refractivity contribution in [3.63, 3.8) is 0 Å². The number of ether oxygens (including phenoxy) is 3. The van der Waals surface area contributed by atoms with Crippen molar-refractivity contribution < 1.29 is 27.9 Å². The van der Waals surface area contributed by atoms with Crippen molar-refractivity contribution in [3.05, 3.63) is 53.8 Å². The summed E-state index contributed by atoms with van der Waals surface area (Å²) in [4.78, 5) is 14.9. The first-order chi connectivity index (χ1) is 18.0. The van der Waals surface area contributed by atoms with E-state index in [4.69, 9.17) is 18.7 Å². The van der Waals surface area contributed by atoms with Crippen LogP contribution in [0.3, 0.4) is 0 Å². The minimum Gasteiger partial charge on any atom is -0.488 e. The molecule has 9 nitrogen and oxygen atoms in total. The van der Waals surface area contributed by atoms with Crippen molar-refractivity contribution in [1.29, 1.82) is 0 Å². The molecule has 10 heteroatoms. The van der Waals surface area contributed by atoms with Crippen molar-refractivity contribution in [1.82, 2.24) is 20.3 Å². The Hall–Kier alpha value is -3.76. The van der Waals surface area contributed by atoms with Crippen LogP contribution in [0.15, 0.2) is 47.0 Å². The first-order valence-corrected chi connectivity index (χ1v) is 12.3. The number of piperidine rings is 1. The maximum Gasteiger partial charge on any atom is 0.253 e. The minimum absolute atomic E-state index is 0.0399. The number of nitrogens with zero attached hydrogens (tertiary/aromatic N) is 3. The predicted octanol–water partition coefficient (Wildman–Crippen LogP) is 4.30. The van der Waals surface area contributed by atoms with E-state index in [9.17, 15) is 9.18 Å². The Morgan fingerprint density at radius 2 is 1.92 bits per heavy atom. The summed E-state index contributed by atoms with van der Waals surface area (Å²) < 4.78 is 35.9. The molecule has 2 aromatic heterocycles. The lowest BCUT2D eigenvalue weighted by atomic mass is 9.77. The number of hydrogen-bond donors (Lipinski definition) is 1. The van der Waals surface area contributed by atoms with E-state index >= 15 is 0 Å². The van der Waals surface area contributed by atoms with Crippen LogP contribution in [0.4, 0.5) is 4.39 Å². The molecule has 192 valence electrons. The summed E-state index contributed by atoms with van der Waals surface area (Å²) in [6.07, 6.45) is 1.99. The van der Waals surface area contributed by atoms with Crippen LogP contribution in [0.1, 0.15) is 23.2 Å². The van der Waals surface area contributed by atoms with Gasteiger partial charge in [-0.3, -0.25) is 9.89 Å². The van der Waals surface area contributed by atoms with Crippen LogP contribution in [-0.2, 0) is 9.47 Å². The highest BCUT2D eigenvalue weighted by Gasteiger charge is 2.42. The fraction of sp³-hybridized carbons (Fsp3) is 0.370. The monoisotopic (exact) mass is 506 g/mol. The number of H-pyrrole nitrogens is 1. The Balaban J connectivity index is 1.16. The maximum absolute atomic E-state index is 14.6. The van der Waals surface area contributed by atoms with Crippen LogP contribution in [0, 0.1) is 11.2 Å². The van der Waals surface area contributed by atoms with Crippen LogP contribution in [0.25, 0.3) is 33.6 Å². The molecule has 4 aromatic rings. The average molecular weight is 507 g/mol. The lowest BCUT2D eigenvalue weighted by molar-refractivity contribution is -0.136. The number of hydrogen-bond acceptors (Lipinski definition) is 7. The second-order valence-electron chi connectivity index (χ2n) is 9.68. The number of benzene rings is 2. The molecule has 0 unspecified atom stereocenters. The zero-order valence-corrected chi connectivity index (χ0v) is 20.5. The lowest BCUT2D eigenvalue weighted by Crippen LogP contribution is -2.52. The number of carbonyl (C=O) groups is 1. The number of rotatable bonds is 7. The second kappa shape index (κ2) is 9.60. The van der Waals surface area contributed by atoms with E-state index in [0.29, 0.717) is 40.2 Å². The molecular formula is C27H27FN4O5. The molecule has 0 saturated carbocycles. The Labute approximate surface area is 212 Å². The molecule has 2 aromatic carbocycles. The van der Waals surface area contributed by atoms with Gasteiger partial charge in [-0.1, -0.05) is 17.3 Å². The molecule has 2 fully saturated rings. The first kappa shape index (κ1) is 23.6. The fourth-order valence-corrected chi connectivity index (χ4v) is 4.90. The predicted molar refractivity (Wildman–Crippen MR) is 133 cm³/mol. The third-order valence-electron chi connectivity index (χ3n) is 7.26. The number of carbonyl (C=O) groups excluding carboxylic acids is 1. The summed E-state index contributed by atoms with van der Waals surface area (Å²) in [5.74, 6) is 0.0547. The first-order valence-electron chi connectivity index (χ1n) is 12.3. The van der Waals surface area contributed by atoms with Crippen LogP contribution in [0.5, 0.6) is 5.75 Å². The Kier molecular flexibility index (Phi) is 6.13. The van der Waals surface area contributed by atoms with Gasteiger partial charge in [-0.2, -0.15) is 5.10 Å². The smallest absolute Gasteiger partial charge is 0.253 e. The second-order valence-corrected chi connectivity index (χ2v) is 9.68. The Morgan fingerprint density at radius 1 is 1.14 bits per heavy atom. The van der Waals surface area contributed by atoms with E-state index in [1.807, 2.05) is 29.2 Å². The van der Waals surface area contributed by atoms with Gasteiger partial charge in [0.05, 0.1) is 25.3 Å². The van der Waals surface area contributed by atoms with Crippen LogP contribution >= 0.6 is 0 Å². The molecule has 2 aliphatic rings. The fourth-order valence-electron chi connectivity index (χ4n) is 4.90. The number of nitrogens with one attached hydrogen (secondary N) is 1. The van der Waals surface area contributed by atoms with Gasteiger partial charge in [-0.25, -0.2) is 4.39 Å². The molecule has 4 heterocycles. The summed E-state index contributed by atoms with van der Waals surface area (Å²) in [6.45, 7) is 3.75. The van der Waals surface area contributed by atoms with Gasteiger partial charge in [-0.15, -0.1) is 0 Å². The summed E-state index contributed by atoms with van der Waals surface area (Å²) in [5, 5.41) is 11.9. The van der Waals surface area contributed by atoms with Crippen LogP contribution < -0.4 is 4.74 Å². The van der Waals surface area contributed by atoms with Crippen LogP contribution in [0.2, 0.25) is 0 Å². The van der Waals surface area contributed by atoms with Crippen molar-refractivity contribution in [3.8, 4) is 28.5 Å². The molecule has 2 saturated heterocycles. The molecular weight excluding hydrogens is 479 g/mol. The molecule has 1 N–H and O–H groups in total. The topological polar surface area (TPSA) is 103 Å². The highest BCUT2D eigenvalue weighted by atomic mass is 19.1. The normalized spacial score (nSPS) is 16.8. The number of halogens is 1. The SMILES string of the molecule is COCCOc1cc2[nH]nc(-c3cc(-c4ccc(C(=O)N5CCC6(CC5)COC6)cc4)no3)c2cc1F. The molecule has 6 rings (SSSR count). The van der Waals surface area contributed by atoms with E-state index in [1.165, 1.54) is 6.07 Å². The van der Waals surface area contributed by atoms with Gasteiger partial charge in [0.25, 0.3) is 5.91 Å². The van der Waals surface area contributed by atoms with Crippen LogP contribution in [-0.4, -0.2) is 72.8 Å². The summed E-state index contributed by atoms with van der Waals surface area (Å²) in [7, 11) is 1.55. The molecule has 37 heavy (non-hydrogen) atoms. The maximum atomic E-state index is 14.6. The standard InChI is InChI=1S/C27H27FN4O5/c1-34-10-11-36-23-14-22-19(12-20(23)28)25(30-29-22)24-13-21(31-37-24)17-2-4-18(5-3-17)26(33)32-8-6-27(7-9-32)15-35-16-27/h2-5,12-14H,6-11,15-16H2,1H3,(H,29,30). The van der Waals surface area contributed by atoms with E-state index in [1.54, 1.807) is 19.2 Å².